The van der Waals surface area contributed by atoms with Gasteiger partial charge >= 0.3 is 0 Å². The summed E-state index contributed by atoms with van der Waals surface area (Å²) in [5.41, 5.74) is 4.87. The Morgan fingerprint density at radius 2 is 2.44 bits per heavy atom. The zero-order valence-electron chi connectivity index (χ0n) is 4.70. The summed E-state index contributed by atoms with van der Waals surface area (Å²) >= 11 is 1.25. The minimum absolute atomic E-state index is 0. The van der Waals surface area contributed by atoms with E-state index in [9.17, 15) is 4.79 Å². The molecule has 0 aliphatic carbocycles. The van der Waals surface area contributed by atoms with Crippen molar-refractivity contribution in [3.63, 3.8) is 0 Å². The first-order valence-electron chi connectivity index (χ1n) is 2.00. The first-order chi connectivity index (χ1) is 3.80. The zero-order chi connectivity index (χ0) is 5.98. The third-order valence-corrected chi connectivity index (χ3v) is 1.43. The Morgan fingerprint density at radius 1 is 1.78 bits per heavy atom. The number of hydrogen-bond acceptors (Lipinski definition) is 3. The molecule has 0 bridgehead atoms. The van der Waals surface area contributed by atoms with Gasteiger partial charge in [-0.2, -0.15) is 0 Å². The quantitative estimate of drug-likeness (QED) is 0.650. The molecule has 3 nitrogen and oxygen atoms in total. The first-order valence-corrected chi connectivity index (χ1v) is 2.88. The Hall–Kier alpha value is -0.277. The van der Waals surface area contributed by atoms with Crippen molar-refractivity contribution in [1.82, 2.24) is 4.98 Å². The first kappa shape index (κ1) is 8.72. The van der Waals surface area contributed by atoms with Gasteiger partial charge in [0.05, 0.1) is 0 Å². The molecule has 0 fully saturated rings. The van der Waals surface area contributed by atoms with Crippen LogP contribution in [0.15, 0.2) is 11.6 Å². The van der Waals surface area contributed by atoms with Crippen molar-refractivity contribution in [2.24, 2.45) is 5.73 Å². The molecule has 0 aromatic carbocycles. The Bertz CT molecular complexity index is 186. The Balaban J connectivity index is 0.000000640. The van der Waals surface area contributed by atoms with Gasteiger partial charge in [-0.25, -0.2) is 4.98 Å². The molecule has 0 radical (unpaired) electrons. The van der Waals surface area contributed by atoms with Crippen molar-refractivity contribution in [3.05, 3.63) is 16.6 Å². The number of primary amides is 1. The van der Waals surface area contributed by atoms with Crippen LogP contribution in [0.25, 0.3) is 0 Å². The second-order valence-electron chi connectivity index (χ2n) is 1.20. The van der Waals surface area contributed by atoms with E-state index in [0.717, 1.165) is 0 Å². The van der Waals surface area contributed by atoms with E-state index in [1.54, 1.807) is 11.6 Å². The van der Waals surface area contributed by atoms with E-state index in [-0.39, 0.29) is 19.5 Å². The fourth-order valence-corrected chi connectivity index (χ4v) is 0.834. The summed E-state index contributed by atoms with van der Waals surface area (Å²) in [5.74, 6) is -0.458. The minimum atomic E-state index is -0.458. The minimum Gasteiger partial charge on any atom is -0.364 e. The summed E-state index contributed by atoms with van der Waals surface area (Å²) in [5, 5.41) is 2.07. The van der Waals surface area contributed by atoms with E-state index in [0.29, 0.717) is 5.01 Å². The molecule has 0 aliphatic heterocycles. The number of nitrogens with zero attached hydrogens (tertiary/aromatic N) is 1. The third-order valence-electron chi connectivity index (χ3n) is 0.643. The largest absolute Gasteiger partial charge is 0.364 e. The van der Waals surface area contributed by atoms with Crippen LogP contribution in [0.5, 0.6) is 0 Å². The summed E-state index contributed by atoms with van der Waals surface area (Å²) in [7, 11) is 0. The Labute approximate surface area is 69.0 Å². The van der Waals surface area contributed by atoms with Gasteiger partial charge in [0.15, 0.2) is 5.01 Å². The van der Waals surface area contributed by atoms with E-state index >= 15 is 0 Å². The average molecular weight is 194 g/mol. The molecule has 2 N–H and O–H groups in total. The fraction of sp³-hybridized carbons (Fsp3) is 0. The van der Waals surface area contributed by atoms with Crippen LogP contribution in [0.4, 0.5) is 0 Å². The molecule has 0 saturated heterocycles. The number of hydrogen-bond donors (Lipinski definition) is 1. The van der Waals surface area contributed by atoms with Crippen molar-refractivity contribution in [2.45, 2.75) is 0 Å². The van der Waals surface area contributed by atoms with E-state index in [4.69, 9.17) is 5.73 Å². The second kappa shape index (κ2) is 3.69. The van der Waals surface area contributed by atoms with Crippen molar-refractivity contribution in [2.75, 3.05) is 0 Å². The van der Waals surface area contributed by atoms with Gasteiger partial charge in [0, 0.05) is 31.1 Å². The molecule has 44 valence electrons. The van der Waals surface area contributed by atoms with E-state index in [2.05, 4.69) is 4.98 Å². The smallest absolute Gasteiger partial charge is 0.277 e. The van der Waals surface area contributed by atoms with Gasteiger partial charge in [-0.05, 0) is 0 Å². The van der Waals surface area contributed by atoms with Crippen LogP contribution in [0.1, 0.15) is 9.80 Å². The van der Waals surface area contributed by atoms with Crippen LogP contribution in [-0.2, 0) is 19.5 Å². The van der Waals surface area contributed by atoms with Crippen LogP contribution in [0.2, 0.25) is 0 Å². The van der Waals surface area contributed by atoms with Gasteiger partial charge in [-0.1, -0.05) is 0 Å². The number of carbonyl (C=O) groups excluding carboxylic acids is 1. The molecule has 1 aromatic rings. The van der Waals surface area contributed by atoms with Crippen LogP contribution in [0.3, 0.4) is 0 Å². The maximum absolute atomic E-state index is 10.2. The summed E-state index contributed by atoms with van der Waals surface area (Å²) < 4.78 is 0. The predicted molar refractivity (Wildman–Crippen MR) is 30.6 cm³/mol. The third kappa shape index (κ3) is 2.20. The topological polar surface area (TPSA) is 56.0 Å². The van der Waals surface area contributed by atoms with Gasteiger partial charge in [-0.15, -0.1) is 11.3 Å². The van der Waals surface area contributed by atoms with Crippen molar-refractivity contribution < 1.29 is 24.3 Å². The van der Waals surface area contributed by atoms with Gasteiger partial charge in [0.2, 0.25) is 0 Å². The van der Waals surface area contributed by atoms with E-state index < -0.39 is 5.91 Å². The van der Waals surface area contributed by atoms with Crippen molar-refractivity contribution in [3.8, 4) is 0 Å². The Kier molecular flexibility index (Phi) is 3.58. The zero-order valence-corrected chi connectivity index (χ0v) is 8.49. The van der Waals surface area contributed by atoms with Gasteiger partial charge in [0.25, 0.3) is 5.91 Å². The number of carbonyl (C=O) groups is 1. The predicted octanol–water partition coefficient (Wildman–Crippen LogP) is 0.239. The molecular weight excluding hydrogens is 190 g/mol. The van der Waals surface area contributed by atoms with Gasteiger partial charge in [0.1, 0.15) is 0 Å². The molecule has 0 unspecified atom stereocenters. The normalized spacial score (nSPS) is 8.00. The molecule has 1 rings (SSSR count). The monoisotopic (exact) mass is 192 g/mol. The van der Waals surface area contributed by atoms with Crippen molar-refractivity contribution >= 4 is 17.2 Å². The molecule has 5 heteroatoms. The number of thiazole rings is 1. The summed E-state index contributed by atoms with van der Waals surface area (Å²) in [6.45, 7) is 0. The van der Waals surface area contributed by atoms with E-state index in [1.165, 1.54) is 11.3 Å². The van der Waals surface area contributed by atoms with Crippen LogP contribution >= 0.6 is 11.3 Å². The molecule has 0 saturated carbocycles. The van der Waals surface area contributed by atoms with Crippen LogP contribution < -0.4 is 5.73 Å². The summed E-state index contributed by atoms with van der Waals surface area (Å²) in [6.07, 6.45) is 1.55. The molecule has 0 spiro atoms. The molecule has 1 amide bonds. The van der Waals surface area contributed by atoms with E-state index in [1.807, 2.05) is 0 Å². The maximum Gasteiger partial charge on any atom is 0.277 e. The molecule has 1 heterocycles. The summed E-state index contributed by atoms with van der Waals surface area (Å²) in [6, 6.07) is 0. The number of rotatable bonds is 1. The van der Waals surface area contributed by atoms with Crippen LogP contribution in [0, 0.1) is 0 Å². The number of aromatic nitrogens is 1. The Morgan fingerprint density at radius 3 is 2.67 bits per heavy atom. The number of nitrogens with two attached hydrogens (primary N) is 1. The van der Waals surface area contributed by atoms with Crippen molar-refractivity contribution in [1.29, 1.82) is 0 Å². The average Bonchev–Trinajstić information content (AvgIpc) is 2.12. The van der Waals surface area contributed by atoms with Gasteiger partial charge in [-0.3, -0.25) is 4.79 Å². The molecule has 1 aromatic heterocycles. The maximum atomic E-state index is 10.2. The second-order valence-corrected chi connectivity index (χ2v) is 2.10. The summed E-state index contributed by atoms with van der Waals surface area (Å²) in [4.78, 5) is 13.9. The molecule has 9 heavy (non-hydrogen) atoms. The fourth-order valence-electron chi connectivity index (χ4n) is 0.345. The van der Waals surface area contributed by atoms with Gasteiger partial charge < -0.3 is 5.73 Å². The molecule has 0 aliphatic rings. The SMILES string of the molecule is NC(=O)c1nccs1.[Zn]. The molecule has 0 atom stereocenters. The molecular formula is C4H4N2OSZn. The van der Waals surface area contributed by atoms with Crippen LogP contribution in [-0.4, -0.2) is 10.9 Å². The standard InChI is InChI=1S/C4H4N2OS.Zn/c5-3(7)4-6-1-2-8-4;/h1-2H,(H2,5,7);. The number of amides is 1.